The molecule has 30 heavy (non-hydrogen) atoms. The van der Waals surface area contributed by atoms with Gasteiger partial charge in [0.2, 0.25) is 5.91 Å². The first-order valence-corrected chi connectivity index (χ1v) is 11.1. The maximum atomic E-state index is 11.8. The van der Waals surface area contributed by atoms with E-state index in [4.69, 9.17) is 0 Å². The number of hydrogen-bond donors (Lipinski definition) is 3. The van der Waals surface area contributed by atoms with Crippen LogP contribution in [0.5, 0.6) is 0 Å². The molecule has 1 aromatic carbocycles. The number of H-pyrrole nitrogens is 1. The lowest BCUT2D eigenvalue weighted by molar-refractivity contribution is -0.121. The average Bonchev–Trinajstić information content (AvgIpc) is 3.13. The Morgan fingerprint density at radius 3 is 2.83 bits per heavy atom. The van der Waals surface area contributed by atoms with Crippen LogP contribution in [0.3, 0.4) is 0 Å². The van der Waals surface area contributed by atoms with Gasteiger partial charge < -0.3 is 15.6 Å². The highest BCUT2D eigenvalue weighted by atomic mass is 16.1. The quantitative estimate of drug-likeness (QED) is 0.562. The second-order valence-electron chi connectivity index (χ2n) is 8.71. The van der Waals surface area contributed by atoms with Crippen molar-refractivity contribution in [1.82, 2.24) is 20.6 Å². The Morgan fingerprint density at radius 1 is 1.27 bits per heavy atom. The van der Waals surface area contributed by atoms with Crippen molar-refractivity contribution in [2.45, 2.75) is 65.0 Å². The summed E-state index contributed by atoms with van der Waals surface area (Å²) in [6.07, 6.45) is 4.33. The predicted octanol–water partition coefficient (Wildman–Crippen LogP) is 4.98. The summed E-state index contributed by atoms with van der Waals surface area (Å²) in [5, 5.41) is 8.11. The lowest BCUT2D eigenvalue weighted by Crippen LogP contribution is -2.44. The molecule has 1 aliphatic rings. The standard InChI is InChI=1S/C25H32N4O/c1-5-23(30)28-19-9-11-27-22(14-19)17-6-7-21-20(13-17)24(15(2)3)25(29-21)18-8-10-26-16(4)12-18/h6-8,10,12-13,15,19,22,27,29H,5,9,11,14H2,1-4H3,(H,28,30). The second-order valence-corrected chi connectivity index (χ2v) is 8.71. The third-order valence-corrected chi connectivity index (χ3v) is 6.12. The minimum Gasteiger partial charge on any atom is -0.354 e. The van der Waals surface area contributed by atoms with Gasteiger partial charge in [-0.05, 0) is 67.6 Å². The summed E-state index contributed by atoms with van der Waals surface area (Å²) in [5.74, 6) is 0.537. The molecule has 5 nitrogen and oxygen atoms in total. The molecule has 0 bridgehead atoms. The molecule has 2 unspecified atom stereocenters. The van der Waals surface area contributed by atoms with Crippen molar-refractivity contribution in [3.63, 3.8) is 0 Å². The predicted molar refractivity (Wildman–Crippen MR) is 123 cm³/mol. The molecule has 3 heterocycles. The fourth-order valence-corrected chi connectivity index (χ4v) is 4.61. The number of aromatic amines is 1. The molecule has 1 aliphatic heterocycles. The van der Waals surface area contributed by atoms with E-state index >= 15 is 0 Å². The van der Waals surface area contributed by atoms with Gasteiger partial charge in [-0.1, -0.05) is 26.8 Å². The number of aryl methyl sites for hydroxylation is 1. The van der Waals surface area contributed by atoms with E-state index in [-0.39, 0.29) is 18.0 Å². The van der Waals surface area contributed by atoms with Gasteiger partial charge in [-0.2, -0.15) is 0 Å². The largest absolute Gasteiger partial charge is 0.354 e. The molecule has 0 spiro atoms. The number of carbonyl (C=O) groups excluding carboxylic acids is 1. The highest BCUT2D eigenvalue weighted by molar-refractivity contribution is 5.92. The Balaban J connectivity index is 1.70. The number of nitrogens with one attached hydrogen (secondary N) is 3. The van der Waals surface area contributed by atoms with Gasteiger partial charge in [0.1, 0.15) is 0 Å². The zero-order chi connectivity index (χ0) is 21.3. The number of nitrogens with zero attached hydrogens (tertiary/aromatic N) is 1. The fourth-order valence-electron chi connectivity index (χ4n) is 4.61. The molecule has 3 N–H and O–H groups in total. The monoisotopic (exact) mass is 404 g/mol. The van der Waals surface area contributed by atoms with Crippen molar-refractivity contribution in [3.05, 3.63) is 53.3 Å². The van der Waals surface area contributed by atoms with Gasteiger partial charge in [0.05, 0.1) is 5.69 Å². The Kier molecular flexibility index (Phi) is 5.91. The highest BCUT2D eigenvalue weighted by Crippen LogP contribution is 2.37. The first kappa shape index (κ1) is 20.6. The van der Waals surface area contributed by atoms with Gasteiger partial charge in [-0.15, -0.1) is 0 Å². The average molecular weight is 405 g/mol. The van der Waals surface area contributed by atoms with Crippen molar-refractivity contribution >= 4 is 16.8 Å². The van der Waals surface area contributed by atoms with Crippen molar-refractivity contribution in [2.75, 3.05) is 6.54 Å². The molecule has 2 atom stereocenters. The molecule has 1 fully saturated rings. The molecular formula is C25H32N4O. The van der Waals surface area contributed by atoms with Crippen LogP contribution in [0, 0.1) is 6.92 Å². The van der Waals surface area contributed by atoms with Gasteiger partial charge in [-0.3, -0.25) is 9.78 Å². The Morgan fingerprint density at radius 2 is 2.10 bits per heavy atom. The van der Waals surface area contributed by atoms with Gasteiger partial charge in [-0.25, -0.2) is 0 Å². The van der Waals surface area contributed by atoms with Crippen LogP contribution >= 0.6 is 0 Å². The number of benzene rings is 1. The van der Waals surface area contributed by atoms with Gasteiger partial charge in [0, 0.05) is 46.9 Å². The summed E-state index contributed by atoms with van der Waals surface area (Å²) in [7, 11) is 0. The number of rotatable bonds is 5. The number of amides is 1. The van der Waals surface area contributed by atoms with E-state index in [0.717, 1.165) is 25.1 Å². The summed E-state index contributed by atoms with van der Waals surface area (Å²) in [6.45, 7) is 9.36. The van der Waals surface area contributed by atoms with Crippen molar-refractivity contribution in [3.8, 4) is 11.3 Å². The zero-order valence-electron chi connectivity index (χ0n) is 18.4. The molecule has 3 aromatic rings. The molecule has 1 amide bonds. The zero-order valence-corrected chi connectivity index (χ0v) is 18.4. The van der Waals surface area contributed by atoms with E-state index in [9.17, 15) is 4.79 Å². The van der Waals surface area contributed by atoms with Crippen molar-refractivity contribution in [1.29, 1.82) is 0 Å². The van der Waals surface area contributed by atoms with Gasteiger partial charge in [0.25, 0.3) is 0 Å². The second kappa shape index (κ2) is 8.60. The van der Waals surface area contributed by atoms with Crippen molar-refractivity contribution in [2.24, 2.45) is 0 Å². The van der Waals surface area contributed by atoms with Crippen LogP contribution in [-0.4, -0.2) is 28.5 Å². The van der Waals surface area contributed by atoms with E-state index in [1.54, 1.807) is 0 Å². The molecule has 0 radical (unpaired) electrons. The van der Waals surface area contributed by atoms with E-state index in [0.29, 0.717) is 12.3 Å². The summed E-state index contributed by atoms with van der Waals surface area (Å²) >= 11 is 0. The van der Waals surface area contributed by atoms with Gasteiger partial charge >= 0.3 is 0 Å². The molecule has 0 saturated carbocycles. The third kappa shape index (κ3) is 4.12. The van der Waals surface area contributed by atoms with Crippen LogP contribution in [0.4, 0.5) is 0 Å². The maximum absolute atomic E-state index is 11.8. The van der Waals surface area contributed by atoms with E-state index in [1.165, 1.54) is 33.3 Å². The molecule has 0 aliphatic carbocycles. The summed E-state index contributed by atoms with van der Waals surface area (Å²) in [4.78, 5) is 19.8. The molecule has 2 aromatic heterocycles. The van der Waals surface area contributed by atoms with Crippen LogP contribution in [-0.2, 0) is 4.79 Å². The highest BCUT2D eigenvalue weighted by Gasteiger charge is 2.25. The summed E-state index contributed by atoms with van der Waals surface area (Å²) in [6, 6.07) is 11.5. The minimum atomic E-state index is 0.140. The number of hydrogen-bond acceptors (Lipinski definition) is 3. The first-order chi connectivity index (χ1) is 14.5. The normalized spacial score (nSPS) is 19.4. The van der Waals surface area contributed by atoms with Crippen LogP contribution in [0.2, 0.25) is 0 Å². The molecule has 1 saturated heterocycles. The fraction of sp³-hybridized carbons (Fsp3) is 0.440. The van der Waals surface area contributed by atoms with E-state index in [2.05, 4.69) is 64.8 Å². The van der Waals surface area contributed by atoms with E-state index in [1.807, 2.05) is 20.0 Å². The summed E-state index contributed by atoms with van der Waals surface area (Å²) in [5.41, 5.74) is 7.20. The molecule has 158 valence electrons. The van der Waals surface area contributed by atoms with Crippen LogP contribution < -0.4 is 10.6 Å². The number of fused-ring (bicyclic) bond motifs is 1. The van der Waals surface area contributed by atoms with Gasteiger partial charge in [0.15, 0.2) is 0 Å². The molecule has 5 heteroatoms. The lowest BCUT2D eigenvalue weighted by Gasteiger charge is -2.31. The van der Waals surface area contributed by atoms with Crippen LogP contribution in [0.1, 0.15) is 68.8 Å². The number of piperidine rings is 1. The Bertz CT molecular complexity index is 1050. The third-order valence-electron chi connectivity index (χ3n) is 6.12. The summed E-state index contributed by atoms with van der Waals surface area (Å²) < 4.78 is 0. The SMILES string of the molecule is CCC(=O)NC1CCNC(c2ccc3[nH]c(-c4ccnc(C)c4)c(C(C)C)c3c2)C1. The van der Waals surface area contributed by atoms with Crippen LogP contribution in [0.25, 0.3) is 22.2 Å². The smallest absolute Gasteiger partial charge is 0.219 e. The topological polar surface area (TPSA) is 69.8 Å². The number of carbonyl (C=O) groups is 1. The van der Waals surface area contributed by atoms with Crippen molar-refractivity contribution < 1.29 is 4.79 Å². The maximum Gasteiger partial charge on any atom is 0.219 e. The lowest BCUT2D eigenvalue weighted by atomic mass is 9.91. The van der Waals surface area contributed by atoms with Crippen LogP contribution in [0.15, 0.2) is 36.5 Å². The van der Waals surface area contributed by atoms with E-state index < -0.39 is 0 Å². The number of aromatic nitrogens is 2. The Labute approximate surface area is 178 Å². The molecule has 4 rings (SSSR count). The Hall–Kier alpha value is -2.66. The minimum absolute atomic E-state index is 0.140. The number of pyridine rings is 1. The molecular weight excluding hydrogens is 372 g/mol. The first-order valence-electron chi connectivity index (χ1n) is 11.1.